The molecule has 0 saturated heterocycles. The minimum Gasteiger partial charge on any atom is -0.344 e. The van der Waals surface area contributed by atoms with E-state index in [1.165, 1.54) is 44.1 Å². The van der Waals surface area contributed by atoms with Crippen LogP contribution in [0.25, 0.3) is 0 Å². The van der Waals surface area contributed by atoms with Crippen molar-refractivity contribution in [2.45, 2.75) is 51.1 Å². The van der Waals surface area contributed by atoms with Crippen LogP contribution >= 0.6 is 0 Å². The van der Waals surface area contributed by atoms with Crippen LogP contribution in [-0.2, 0) is 6.54 Å². The molecule has 0 aliphatic heterocycles. The molecule has 0 atom stereocenters. The number of aromatic nitrogens is 2. The van der Waals surface area contributed by atoms with Gasteiger partial charge in [0.1, 0.15) is 0 Å². The van der Waals surface area contributed by atoms with Crippen LogP contribution in [0.2, 0.25) is 0 Å². The van der Waals surface area contributed by atoms with Crippen LogP contribution in [0, 0.1) is 5.92 Å². The maximum absolute atomic E-state index is 4.49. The molecule has 0 spiro atoms. The van der Waals surface area contributed by atoms with Crippen LogP contribution in [0.15, 0.2) is 12.4 Å². The summed E-state index contributed by atoms with van der Waals surface area (Å²) in [6, 6.07) is 0.740. The second-order valence-electron chi connectivity index (χ2n) is 6.08. The van der Waals surface area contributed by atoms with Gasteiger partial charge in [-0.15, -0.1) is 0 Å². The molecule has 2 fully saturated rings. The lowest BCUT2D eigenvalue weighted by Gasteiger charge is -2.20. The third kappa shape index (κ3) is 3.66. The van der Waals surface area contributed by atoms with Crippen LogP contribution < -0.4 is 10.2 Å². The first kappa shape index (κ1) is 12.9. The van der Waals surface area contributed by atoms with E-state index in [1.54, 1.807) is 0 Å². The quantitative estimate of drug-likeness (QED) is 0.852. The number of hydrogen-bond acceptors (Lipinski definition) is 4. The van der Waals surface area contributed by atoms with Gasteiger partial charge in [-0.05, 0) is 31.6 Å². The number of rotatable bonds is 6. The molecule has 0 unspecified atom stereocenters. The summed E-state index contributed by atoms with van der Waals surface area (Å²) in [5.41, 5.74) is 1.19. The Morgan fingerprint density at radius 1 is 1.16 bits per heavy atom. The van der Waals surface area contributed by atoms with Gasteiger partial charge in [-0.25, -0.2) is 9.97 Å². The molecule has 1 aromatic heterocycles. The van der Waals surface area contributed by atoms with E-state index >= 15 is 0 Å². The van der Waals surface area contributed by atoms with Gasteiger partial charge in [-0.2, -0.15) is 0 Å². The summed E-state index contributed by atoms with van der Waals surface area (Å²) < 4.78 is 0. The van der Waals surface area contributed by atoms with Crippen LogP contribution in [0.4, 0.5) is 5.95 Å². The van der Waals surface area contributed by atoms with E-state index in [9.17, 15) is 0 Å². The lowest BCUT2D eigenvalue weighted by atomic mass is 10.1. The zero-order valence-corrected chi connectivity index (χ0v) is 11.8. The zero-order chi connectivity index (χ0) is 13.1. The van der Waals surface area contributed by atoms with E-state index in [1.807, 2.05) is 12.4 Å². The van der Waals surface area contributed by atoms with Crippen LogP contribution in [0.1, 0.15) is 44.1 Å². The van der Waals surface area contributed by atoms with Crippen molar-refractivity contribution in [2.24, 2.45) is 5.92 Å². The molecule has 4 nitrogen and oxygen atoms in total. The van der Waals surface area contributed by atoms with Gasteiger partial charge in [0.05, 0.1) is 0 Å². The Labute approximate surface area is 115 Å². The Morgan fingerprint density at radius 2 is 1.84 bits per heavy atom. The lowest BCUT2D eigenvalue weighted by Crippen LogP contribution is -2.26. The summed E-state index contributed by atoms with van der Waals surface area (Å²) in [5.74, 6) is 1.70. The van der Waals surface area contributed by atoms with Gasteiger partial charge in [0.15, 0.2) is 0 Å². The summed E-state index contributed by atoms with van der Waals surface area (Å²) in [5, 5.41) is 3.49. The molecule has 0 amide bonds. The van der Waals surface area contributed by atoms with Crippen molar-refractivity contribution in [3.05, 3.63) is 18.0 Å². The monoisotopic (exact) mass is 260 g/mol. The molecule has 1 heterocycles. The maximum atomic E-state index is 4.49. The number of nitrogens with one attached hydrogen (secondary N) is 1. The Kier molecular flexibility index (Phi) is 3.97. The summed E-state index contributed by atoms with van der Waals surface area (Å²) in [6.07, 6.45) is 12.1. The molecule has 3 rings (SSSR count). The number of nitrogens with zero attached hydrogens (tertiary/aromatic N) is 3. The van der Waals surface area contributed by atoms with Crippen molar-refractivity contribution in [2.75, 3.05) is 18.5 Å². The predicted octanol–water partition coefficient (Wildman–Crippen LogP) is 2.36. The Bertz CT molecular complexity index is 393. The molecule has 0 aromatic carbocycles. The first-order valence-corrected chi connectivity index (χ1v) is 7.57. The predicted molar refractivity (Wildman–Crippen MR) is 77.1 cm³/mol. The van der Waals surface area contributed by atoms with E-state index < -0.39 is 0 Å². The van der Waals surface area contributed by atoms with E-state index in [4.69, 9.17) is 0 Å². The Morgan fingerprint density at radius 3 is 2.47 bits per heavy atom. The minimum atomic E-state index is 0.740. The maximum Gasteiger partial charge on any atom is 0.225 e. The SMILES string of the molecule is CN(CC1CCCC1)c1ncc(CNC2CC2)cn1. The third-order valence-corrected chi connectivity index (χ3v) is 4.21. The van der Waals surface area contributed by atoms with E-state index in [0.29, 0.717) is 0 Å². The Hall–Kier alpha value is -1.16. The molecule has 2 saturated carbocycles. The molecule has 2 aliphatic carbocycles. The highest BCUT2D eigenvalue weighted by Crippen LogP contribution is 2.26. The standard InChI is InChI=1S/C15H24N4/c1-19(11-12-4-2-3-5-12)15-17-9-13(10-18-15)8-16-14-6-7-14/h9-10,12,14,16H,2-8,11H2,1H3. The van der Waals surface area contributed by atoms with E-state index in [-0.39, 0.29) is 0 Å². The Balaban J connectivity index is 1.51. The highest BCUT2D eigenvalue weighted by molar-refractivity contribution is 5.28. The molecule has 19 heavy (non-hydrogen) atoms. The molecule has 4 heteroatoms. The minimum absolute atomic E-state index is 0.740. The van der Waals surface area contributed by atoms with Crippen molar-refractivity contribution >= 4 is 5.95 Å². The van der Waals surface area contributed by atoms with Gasteiger partial charge >= 0.3 is 0 Å². The zero-order valence-electron chi connectivity index (χ0n) is 11.8. The first-order chi connectivity index (χ1) is 9.31. The van der Waals surface area contributed by atoms with Gasteiger partial charge in [0.2, 0.25) is 5.95 Å². The molecule has 1 N–H and O–H groups in total. The van der Waals surface area contributed by atoms with Crippen LogP contribution in [-0.4, -0.2) is 29.6 Å². The molecule has 2 aliphatic rings. The highest BCUT2D eigenvalue weighted by atomic mass is 15.2. The summed E-state index contributed by atoms with van der Waals surface area (Å²) >= 11 is 0. The fourth-order valence-corrected chi connectivity index (χ4v) is 2.85. The number of anilines is 1. The van der Waals surface area contributed by atoms with Gasteiger partial charge in [-0.3, -0.25) is 0 Å². The van der Waals surface area contributed by atoms with Crippen LogP contribution in [0.3, 0.4) is 0 Å². The van der Waals surface area contributed by atoms with Crippen molar-refractivity contribution in [3.63, 3.8) is 0 Å². The summed E-state index contributed by atoms with van der Waals surface area (Å²) in [6.45, 7) is 2.00. The topological polar surface area (TPSA) is 41.1 Å². The summed E-state index contributed by atoms with van der Waals surface area (Å²) in [7, 11) is 2.11. The average Bonchev–Trinajstić information content (AvgIpc) is 3.13. The first-order valence-electron chi connectivity index (χ1n) is 7.57. The largest absolute Gasteiger partial charge is 0.344 e. The van der Waals surface area contributed by atoms with E-state index in [0.717, 1.165) is 31.0 Å². The molecule has 0 bridgehead atoms. The van der Waals surface area contributed by atoms with Crippen molar-refractivity contribution in [1.82, 2.24) is 15.3 Å². The molecule has 104 valence electrons. The van der Waals surface area contributed by atoms with Gasteiger partial charge in [0, 0.05) is 44.1 Å². The second-order valence-corrected chi connectivity index (χ2v) is 6.08. The molecular formula is C15H24N4. The van der Waals surface area contributed by atoms with Crippen molar-refractivity contribution < 1.29 is 0 Å². The van der Waals surface area contributed by atoms with Gasteiger partial charge < -0.3 is 10.2 Å². The third-order valence-electron chi connectivity index (χ3n) is 4.21. The second kappa shape index (κ2) is 5.87. The van der Waals surface area contributed by atoms with Crippen LogP contribution in [0.5, 0.6) is 0 Å². The average molecular weight is 260 g/mol. The highest BCUT2D eigenvalue weighted by Gasteiger charge is 2.20. The van der Waals surface area contributed by atoms with Crippen molar-refractivity contribution in [1.29, 1.82) is 0 Å². The fourth-order valence-electron chi connectivity index (χ4n) is 2.85. The normalized spacial score (nSPS) is 19.8. The number of hydrogen-bond donors (Lipinski definition) is 1. The molecular weight excluding hydrogens is 236 g/mol. The smallest absolute Gasteiger partial charge is 0.225 e. The summed E-state index contributed by atoms with van der Waals surface area (Å²) in [4.78, 5) is 11.2. The van der Waals surface area contributed by atoms with Crippen molar-refractivity contribution in [3.8, 4) is 0 Å². The fraction of sp³-hybridized carbons (Fsp3) is 0.733. The molecule has 1 aromatic rings. The lowest BCUT2D eigenvalue weighted by molar-refractivity contribution is 0.542. The molecule has 0 radical (unpaired) electrons. The van der Waals surface area contributed by atoms with Gasteiger partial charge in [0.25, 0.3) is 0 Å². The van der Waals surface area contributed by atoms with E-state index in [2.05, 4.69) is 27.2 Å². The van der Waals surface area contributed by atoms with Gasteiger partial charge in [-0.1, -0.05) is 12.8 Å².